The molecule has 3 nitrogen and oxygen atoms in total. The van der Waals surface area contributed by atoms with Gasteiger partial charge < -0.3 is 10.6 Å². The van der Waals surface area contributed by atoms with Gasteiger partial charge in [-0.25, -0.2) is 0 Å². The summed E-state index contributed by atoms with van der Waals surface area (Å²) < 4.78 is 0. The molecule has 1 fully saturated rings. The molecule has 1 aliphatic carbocycles. The van der Waals surface area contributed by atoms with E-state index < -0.39 is 0 Å². The third-order valence-electron chi connectivity index (χ3n) is 4.09. The van der Waals surface area contributed by atoms with E-state index in [0.29, 0.717) is 6.54 Å². The van der Waals surface area contributed by atoms with E-state index in [-0.39, 0.29) is 11.4 Å². The molecule has 0 aromatic rings. The van der Waals surface area contributed by atoms with Gasteiger partial charge in [0.05, 0.1) is 6.54 Å². The summed E-state index contributed by atoms with van der Waals surface area (Å²) in [6.07, 6.45) is 9.18. The second-order valence-corrected chi connectivity index (χ2v) is 6.26. The van der Waals surface area contributed by atoms with Crippen molar-refractivity contribution in [2.24, 2.45) is 5.92 Å². The third kappa shape index (κ3) is 6.39. The Morgan fingerprint density at radius 2 is 1.94 bits per heavy atom. The summed E-state index contributed by atoms with van der Waals surface area (Å²) in [7, 11) is 0. The predicted molar refractivity (Wildman–Crippen MR) is 76.6 cm³/mol. The van der Waals surface area contributed by atoms with Crippen molar-refractivity contribution in [2.75, 3.05) is 13.1 Å². The van der Waals surface area contributed by atoms with E-state index in [1.54, 1.807) is 0 Å². The predicted octanol–water partition coefficient (Wildman–Crippen LogP) is 2.85. The van der Waals surface area contributed by atoms with Gasteiger partial charge in [-0.15, -0.1) is 0 Å². The molecular formula is C15H30N2O. The van der Waals surface area contributed by atoms with Crippen molar-refractivity contribution in [1.82, 2.24) is 10.6 Å². The largest absolute Gasteiger partial charge is 0.350 e. The van der Waals surface area contributed by atoms with Crippen molar-refractivity contribution in [2.45, 2.75) is 71.3 Å². The standard InChI is InChI=1S/C15H30N2O/c1-4-15(2,3)17-14(18)12-16-11-7-10-13-8-5-6-9-13/h13,16H,4-12H2,1-3H3,(H,17,18). The number of hydrogen-bond acceptors (Lipinski definition) is 2. The van der Waals surface area contributed by atoms with Crippen molar-refractivity contribution < 1.29 is 4.79 Å². The molecule has 0 atom stereocenters. The number of nitrogens with one attached hydrogen (secondary N) is 2. The fraction of sp³-hybridized carbons (Fsp3) is 0.933. The van der Waals surface area contributed by atoms with Crippen LogP contribution in [0.4, 0.5) is 0 Å². The molecule has 3 heteroatoms. The third-order valence-corrected chi connectivity index (χ3v) is 4.09. The maximum atomic E-state index is 11.7. The molecule has 0 aromatic heterocycles. The average Bonchev–Trinajstić information content (AvgIpc) is 2.81. The van der Waals surface area contributed by atoms with Gasteiger partial charge in [-0.1, -0.05) is 32.6 Å². The Bertz CT molecular complexity index is 245. The van der Waals surface area contributed by atoms with E-state index in [2.05, 4.69) is 31.4 Å². The molecule has 18 heavy (non-hydrogen) atoms. The molecule has 0 bridgehead atoms. The van der Waals surface area contributed by atoms with E-state index in [1.807, 2.05) is 0 Å². The molecular weight excluding hydrogens is 224 g/mol. The minimum Gasteiger partial charge on any atom is -0.350 e. The lowest BCUT2D eigenvalue weighted by molar-refractivity contribution is -0.121. The second-order valence-electron chi connectivity index (χ2n) is 6.26. The van der Waals surface area contributed by atoms with Crippen LogP contribution in [-0.2, 0) is 4.79 Å². The number of rotatable bonds is 8. The average molecular weight is 254 g/mol. The maximum absolute atomic E-state index is 11.7. The Morgan fingerprint density at radius 1 is 1.28 bits per heavy atom. The summed E-state index contributed by atoms with van der Waals surface area (Å²) in [6, 6.07) is 0. The zero-order valence-electron chi connectivity index (χ0n) is 12.3. The Hall–Kier alpha value is -0.570. The Balaban J connectivity index is 1.98. The smallest absolute Gasteiger partial charge is 0.234 e. The molecule has 106 valence electrons. The Kier molecular flexibility index (Phi) is 6.69. The van der Waals surface area contributed by atoms with Gasteiger partial charge in [0.2, 0.25) is 5.91 Å². The van der Waals surface area contributed by atoms with Gasteiger partial charge in [-0.3, -0.25) is 4.79 Å². The van der Waals surface area contributed by atoms with Gasteiger partial charge in [0.15, 0.2) is 0 Å². The van der Waals surface area contributed by atoms with Gasteiger partial charge in [-0.05, 0) is 45.6 Å². The molecule has 1 aliphatic rings. The SMILES string of the molecule is CCC(C)(C)NC(=O)CNCCCC1CCCC1. The number of hydrogen-bond donors (Lipinski definition) is 2. The molecule has 0 spiro atoms. The molecule has 1 amide bonds. The van der Waals surface area contributed by atoms with Crippen LogP contribution in [0.3, 0.4) is 0 Å². The number of amides is 1. The van der Waals surface area contributed by atoms with Crippen LogP contribution >= 0.6 is 0 Å². The lowest BCUT2D eigenvalue weighted by Crippen LogP contribution is -2.46. The fourth-order valence-electron chi connectivity index (χ4n) is 2.53. The molecule has 0 aliphatic heterocycles. The molecule has 0 aromatic carbocycles. The van der Waals surface area contributed by atoms with Gasteiger partial charge in [-0.2, -0.15) is 0 Å². The van der Waals surface area contributed by atoms with Crippen LogP contribution in [0.5, 0.6) is 0 Å². The minimum atomic E-state index is -0.0807. The van der Waals surface area contributed by atoms with E-state index in [0.717, 1.165) is 18.9 Å². The van der Waals surface area contributed by atoms with Crippen molar-refractivity contribution >= 4 is 5.91 Å². The first-order chi connectivity index (χ1) is 8.53. The van der Waals surface area contributed by atoms with Crippen LogP contribution in [0, 0.1) is 5.92 Å². The van der Waals surface area contributed by atoms with Crippen LogP contribution in [0.2, 0.25) is 0 Å². The van der Waals surface area contributed by atoms with Crippen LogP contribution in [-0.4, -0.2) is 24.5 Å². The molecule has 0 radical (unpaired) electrons. The zero-order chi connectivity index (χ0) is 13.4. The van der Waals surface area contributed by atoms with Gasteiger partial charge in [0.1, 0.15) is 0 Å². The molecule has 2 N–H and O–H groups in total. The van der Waals surface area contributed by atoms with Crippen molar-refractivity contribution in [3.05, 3.63) is 0 Å². The molecule has 0 saturated heterocycles. The van der Waals surface area contributed by atoms with Gasteiger partial charge in [0.25, 0.3) is 0 Å². The van der Waals surface area contributed by atoms with Crippen molar-refractivity contribution in [3.8, 4) is 0 Å². The lowest BCUT2D eigenvalue weighted by atomic mass is 10.0. The van der Waals surface area contributed by atoms with Crippen molar-refractivity contribution in [1.29, 1.82) is 0 Å². The van der Waals surface area contributed by atoms with Crippen LogP contribution in [0.15, 0.2) is 0 Å². The van der Waals surface area contributed by atoms with E-state index >= 15 is 0 Å². The monoisotopic (exact) mass is 254 g/mol. The number of carbonyl (C=O) groups excluding carboxylic acids is 1. The second kappa shape index (κ2) is 7.78. The Morgan fingerprint density at radius 3 is 2.56 bits per heavy atom. The van der Waals surface area contributed by atoms with E-state index in [9.17, 15) is 4.79 Å². The summed E-state index contributed by atoms with van der Waals surface area (Å²) in [6.45, 7) is 7.63. The van der Waals surface area contributed by atoms with Crippen LogP contribution < -0.4 is 10.6 Å². The summed E-state index contributed by atoms with van der Waals surface area (Å²) in [4.78, 5) is 11.7. The molecule has 1 saturated carbocycles. The van der Waals surface area contributed by atoms with E-state index in [4.69, 9.17) is 0 Å². The summed E-state index contributed by atoms with van der Waals surface area (Å²) in [5.74, 6) is 1.07. The van der Waals surface area contributed by atoms with Crippen LogP contribution in [0.25, 0.3) is 0 Å². The fourth-order valence-corrected chi connectivity index (χ4v) is 2.53. The highest BCUT2D eigenvalue weighted by Gasteiger charge is 2.17. The van der Waals surface area contributed by atoms with E-state index in [1.165, 1.54) is 38.5 Å². The normalized spacial score (nSPS) is 17.1. The van der Waals surface area contributed by atoms with Crippen LogP contribution in [0.1, 0.15) is 65.7 Å². The molecule has 0 heterocycles. The van der Waals surface area contributed by atoms with Gasteiger partial charge >= 0.3 is 0 Å². The first kappa shape index (κ1) is 15.5. The highest BCUT2D eigenvalue weighted by Crippen LogP contribution is 2.28. The molecule has 1 rings (SSSR count). The quantitative estimate of drug-likeness (QED) is 0.654. The summed E-state index contributed by atoms with van der Waals surface area (Å²) in [5.41, 5.74) is -0.0807. The zero-order valence-corrected chi connectivity index (χ0v) is 12.3. The summed E-state index contributed by atoms with van der Waals surface area (Å²) in [5, 5.41) is 6.28. The first-order valence-electron chi connectivity index (χ1n) is 7.55. The first-order valence-corrected chi connectivity index (χ1v) is 7.55. The van der Waals surface area contributed by atoms with Crippen molar-refractivity contribution in [3.63, 3.8) is 0 Å². The summed E-state index contributed by atoms with van der Waals surface area (Å²) >= 11 is 0. The maximum Gasteiger partial charge on any atom is 0.234 e. The van der Waals surface area contributed by atoms with Gasteiger partial charge in [0, 0.05) is 5.54 Å². The number of carbonyl (C=O) groups is 1. The highest BCUT2D eigenvalue weighted by molar-refractivity contribution is 5.78. The molecule has 0 unspecified atom stereocenters. The Labute approximate surface area is 112 Å². The topological polar surface area (TPSA) is 41.1 Å². The highest BCUT2D eigenvalue weighted by atomic mass is 16.2. The minimum absolute atomic E-state index is 0.0807. The lowest BCUT2D eigenvalue weighted by Gasteiger charge is -2.24.